The predicted octanol–water partition coefficient (Wildman–Crippen LogP) is 2.10. The highest BCUT2D eigenvalue weighted by atomic mass is 16.4. The summed E-state index contributed by atoms with van der Waals surface area (Å²) in [6, 6.07) is 0.494. The first-order valence-electron chi connectivity index (χ1n) is 6.36. The summed E-state index contributed by atoms with van der Waals surface area (Å²) in [5, 5.41) is 12.8. The molecule has 0 aromatic heterocycles. The minimum absolute atomic E-state index is 0.494. The normalized spacial score (nSPS) is 44.0. The van der Waals surface area contributed by atoms with Crippen molar-refractivity contribution in [2.75, 3.05) is 13.1 Å². The van der Waals surface area contributed by atoms with Crippen molar-refractivity contribution >= 4 is 5.71 Å². The predicted molar refractivity (Wildman–Crippen MR) is 59.3 cm³/mol. The Labute approximate surface area is 91.1 Å². The summed E-state index contributed by atoms with van der Waals surface area (Å²) in [5.74, 6) is 1.39. The number of fused-ring (bicyclic) bond motifs is 2. The SMILES string of the molecule is ON=C1C2CCC(C2)C1N1CCCCC1. The molecule has 15 heavy (non-hydrogen) atoms. The Morgan fingerprint density at radius 1 is 1.13 bits per heavy atom. The fraction of sp³-hybridized carbons (Fsp3) is 0.917. The van der Waals surface area contributed by atoms with Crippen LogP contribution in [-0.2, 0) is 0 Å². The molecule has 3 rings (SSSR count). The lowest BCUT2D eigenvalue weighted by Crippen LogP contribution is -2.47. The minimum atomic E-state index is 0.494. The molecule has 3 aliphatic rings. The second-order valence-electron chi connectivity index (χ2n) is 5.34. The number of likely N-dealkylation sites (tertiary alicyclic amines) is 1. The zero-order chi connectivity index (χ0) is 10.3. The number of nitrogens with zero attached hydrogens (tertiary/aromatic N) is 2. The highest BCUT2D eigenvalue weighted by Gasteiger charge is 2.47. The van der Waals surface area contributed by atoms with Crippen molar-refractivity contribution in [1.82, 2.24) is 4.90 Å². The molecule has 1 heterocycles. The van der Waals surface area contributed by atoms with Crippen LogP contribution in [0.4, 0.5) is 0 Å². The molecule has 2 aliphatic carbocycles. The molecule has 0 spiro atoms. The molecule has 0 amide bonds. The van der Waals surface area contributed by atoms with Crippen LogP contribution in [0, 0.1) is 11.8 Å². The van der Waals surface area contributed by atoms with Gasteiger partial charge in [0, 0.05) is 5.92 Å². The van der Waals surface area contributed by atoms with Gasteiger partial charge >= 0.3 is 0 Å². The topological polar surface area (TPSA) is 35.8 Å². The van der Waals surface area contributed by atoms with E-state index in [2.05, 4.69) is 10.1 Å². The Bertz CT molecular complexity index is 271. The molecule has 0 aromatic carbocycles. The second-order valence-corrected chi connectivity index (χ2v) is 5.34. The van der Waals surface area contributed by atoms with E-state index in [4.69, 9.17) is 5.21 Å². The van der Waals surface area contributed by atoms with Gasteiger partial charge in [-0.2, -0.15) is 0 Å². The average Bonchev–Trinajstić information content (AvgIpc) is 2.89. The molecule has 3 unspecified atom stereocenters. The molecule has 2 bridgehead atoms. The van der Waals surface area contributed by atoms with Gasteiger partial charge in [-0.1, -0.05) is 11.6 Å². The molecule has 1 aliphatic heterocycles. The second kappa shape index (κ2) is 3.78. The standard InChI is InChI=1S/C12H20N2O/c15-13-11-9-4-5-10(8-9)12(11)14-6-2-1-3-7-14/h9-10,12,15H,1-8H2. The first-order valence-corrected chi connectivity index (χ1v) is 6.36. The van der Waals surface area contributed by atoms with Crippen LogP contribution in [-0.4, -0.2) is 35.0 Å². The van der Waals surface area contributed by atoms with Crippen molar-refractivity contribution in [3.05, 3.63) is 0 Å². The van der Waals surface area contributed by atoms with Gasteiger partial charge in [0.1, 0.15) is 0 Å². The Balaban J connectivity index is 1.79. The molecule has 84 valence electrons. The molecule has 3 nitrogen and oxygen atoms in total. The van der Waals surface area contributed by atoms with Gasteiger partial charge in [0.15, 0.2) is 0 Å². The van der Waals surface area contributed by atoms with E-state index < -0.39 is 0 Å². The van der Waals surface area contributed by atoms with Crippen molar-refractivity contribution in [2.24, 2.45) is 17.0 Å². The van der Waals surface area contributed by atoms with Crippen LogP contribution < -0.4 is 0 Å². The van der Waals surface area contributed by atoms with E-state index in [1.807, 2.05) is 0 Å². The molecule has 3 fully saturated rings. The van der Waals surface area contributed by atoms with Crippen molar-refractivity contribution in [3.8, 4) is 0 Å². The molecular weight excluding hydrogens is 188 g/mol. The lowest BCUT2D eigenvalue weighted by molar-refractivity contribution is 0.162. The Morgan fingerprint density at radius 2 is 1.93 bits per heavy atom. The van der Waals surface area contributed by atoms with Crippen LogP contribution in [0.3, 0.4) is 0 Å². The summed E-state index contributed by atoms with van der Waals surface area (Å²) in [5.41, 5.74) is 1.10. The van der Waals surface area contributed by atoms with Gasteiger partial charge in [0.25, 0.3) is 0 Å². The molecular formula is C12H20N2O. The number of rotatable bonds is 1. The Kier molecular flexibility index (Phi) is 2.43. The zero-order valence-electron chi connectivity index (χ0n) is 9.23. The van der Waals surface area contributed by atoms with Crippen LogP contribution >= 0.6 is 0 Å². The van der Waals surface area contributed by atoms with E-state index in [9.17, 15) is 0 Å². The Hall–Kier alpha value is -0.570. The van der Waals surface area contributed by atoms with Crippen molar-refractivity contribution in [3.63, 3.8) is 0 Å². The third kappa shape index (κ3) is 1.48. The van der Waals surface area contributed by atoms with Crippen LogP contribution in [0.2, 0.25) is 0 Å². The molecule has 0 radical (unpaired) electrons. The van der Waals surface area contributed by atoms with Gasteiger partial charge in [0.05, 0.1) is 11.8 Å². The summed E-state index contributed by atoms with van der Waals surface area (Å²) in [7, 11) is 0. The highest BCUT2D eigenvalue weighted by molar-refractivity contribution is 5.94. The van der Waals surface area contributed by atoms with Crippen LogP contribution in [0.5, 0.6) is 0 Å². The van der Waals surface area contributed by atoms with Crippen molar-refractivity contribution in [1.29, 1.82) is 0 Å². The summed E-state index contributed by atoms with van der Waals surface area (Å²) in [6.45, 7) is 2.43. The van der Waals surface area contributed by atoms with E-state index in [0.29, 0.717) is 12.0 Å². The quantitative estimate of drug-likeness (QED) is 0.529. The van der Waals surface area contributed by atoms with Crippen LogP contribution in [0.1, 0.15) is 38.5 Å². The van der Waals surface area contributed by atoms with Gasteiger partial charge in [0.2, 0.25) is 0 Å². The molecule has 0 aromatic rings. The summed E-state index contributed by atoms with van der Waals surface area (Å²) in [6.07, 6.45) is 7.92. The lowest BCUT2D eigenvalue weighted by Gasteiger charge is -2.37. The maximum Gasteiger partial charge on any atom is 0.0775 e. The molecule has 3 atom stereocenters. The van der Waals surface area contributed by atoms with E-state index in [1.165, 1.54) is 51.6 Å². The number of hydrogen-bond acceptors (Lipinski definition) is 3. The molecule has 3 heteroatoms. The Morgan fingerprint density at radius 3 is 2.67 bits per heavy atom. The third-order valence-corrected chi connectivity index (χ3v) is 4.54. The highest BCUT2D eigenvalue weighted by Crippen LogP contribution is 2.45. The van der Waals surface area contributed by atoms with E-state index in [0.717, 1.165) is 11.6 Å². The van der Waals surface area contributed by atoms with Crippen molar-refractivity contribution < 1.29 is 5.21 Å². The zero-order valence-corrected chi connectivity index (χ0v) is 9.23. The summed E-state index contributed by atoms with van der Waals surface area (Å²) < 4.78 is 0. The van der Waals surface area contributed by atoms with Crippen molar-refractivity contribution in [2.45, 2.75) is 44.6 Å². The monoisotopic (exact) mass is 208 g/mol. The van der Waals surface area contributed by atoms with Gasteiger partial charge in [-0.05, 0) is 51.1 Å². The maximum absolute atomic E-state index is 9.15. The third-order valence-electron chi connectivity index (χ3n) is 4.54. The smallest absolute Gasteiger partial charge is 0.0775 e. The molecule has 2 saturated carbocycles. The van der Waals surface area contributed by atoms with E-state index >= 15 is 0 Å². The molecule has 1 N–H and O–H groups in total. The van der Waals surface area contributed by atoms with Gasteiger partial charge in [-0.3, -0.25) is 4.90 Å². The van der Waals surface area contributed by atoms with Gasteiger partial charge in [-0.15, -0.1) is 0 Å². The average molecular weight is 208 g/mol. The summed E-state index contributed by atoms with van der Waals surface area (Å²) in [4.78, 5) is 2.57. The lowest BCUT2D eigenvalue weighted by atomic mass is 9.91. The van der Waals surface area contributed by atoms with Crippen LogP contribution in [0.15, 0.2) is 5.16 Å². The largest absolute Gasteiger partial charge is 0.411 e. The fourth-order valence-electron chi connectivity index (χ4n) is 3.88. The van der Waals surface area contributed by atoms with E-state index in [1.54, 1.807) is 0 Å². The minimum Gasteiger partial charge on any atom is -0.411 e. The van der Waals surface area contributed by atoms with E-state index in [-0.39, 0.29) is 0 Å². The van der Waals surface area contributed by atoms with Crippen LogP contribution in [0.25, 0.3) is 0 Å². The number of piperidine rings is 1. The number of oxime groups is 1. The van der Waals surface area contributed by atoms with Gasteiger partial charge < -0.3 is 5.21 Å². The number of hydrogen-bond donors (Lipinski definition) is 1. The summed E-state index contributed by atoms with van der Waals surface area (Å²) >= 11 is 0. The first kappa shape index (κ1) is 9.64. The molecule has 1 saturated heterocycles. The first-order chi connectivity index (χ1) is 7.40. The fourth-order valence-corrected chi connectivity index (χ4v) is 3.88. The maximum atomic E-state index is 9.15. The van der Waals surface area contributed by atoms with Gasteiger partial charge in [-0.25, -0.2) is 0 Å².